The van der Waals surface area contributed by atoms with Gasteiger partial charge in [0.25, 0.3) is 0 Å². The first-order valence-corrected chi connectivity index (χ1v) is 7.05. The first-order chi connectivity index (χ1) is 9.65. The molecule has 20 heavy (non-hydrogen) atoms. The van der Waals surface area contributed by atoms with E-state index in [0.29, 0.717) is 0 Å². The molecule has 0 radical (unpaired) electrons. The van der Waals surface area contributed by atoms with Crippen LogP contribution in [-0.2, 0) is 0 Å². The van der Waals surface area contributed by atoms with Crippen molar-refractivity contribution in [3.63, 3.8) is 0 Å². The van der Waals surface area contributed by atoms with E-state index in [2.05, 4.69) is 45.7 Å². The summed E-state index contributed by atoms with van der Waals surface area (Å²) in [5, 5.41) is 0. The van der Waals surface area contributed by atoms with E-state index >= 15 is 0 Å². The van der Waals surface area contributed by atoms with Crippen molar-refractivity contribution in [2.45, 2.75) is 20.8 Å². The molecule has 0 amide bonds. The zero-order valence-corrected chi connectivity index (χ0v) is 12.7. The summed E-state index contributed by atoms with van der Waals surface area (Å²) in [6, 6.07) is 12.3. The highest BCUT2D eigenvalue weighted by molar-refractivity contribution is 5.62. The number of aromatic nitrogens is 2. The molecule has 0 aliphatic heterocycles. The Hall–Kier alpha value is -2.10. The Morgan fingerprint density at radius 1 is 0.950 bits per heavy atom. The molecule has 1 heterocycles. The molecule has 2 aromatic rings. The molecule has 0 unspecified atom stereocenters. The number of anilines is 3. The van der Waals surface area contributed by atoms with E-state index in [-0.39, 0.29) is 0 Å². The molecule has 0 fully saturated rings. The molecule has 0 spiro atoms. The van der Waals surface area contributed by atoms with Crippen LogP contribution < -0.4 is 9.80 Å². The van der Waals surface area contributed by atoms with Crippen LogP contribution in [0, 0.1) is 6.92 Å². The predicted octanol–water partition coefficient (Wildman–Crippen LogP) is 3.40. The third-order valence-corrected chi connectivity index (χ3v) is 3.39. The Balaban J connectivity index is 2.37. The van der Waals surface area contributed by atoms with Crippen LogP contribution in [0.5, 0.6) is 0 Å². The highest BCUT2D eigenvalue weighted by atomic mass is 15.2. The van der Waals surface area contributed by atoms with Gasteiger partial charge in [-0.3, -0.25) is 0 Å². The summed E-state index contributed by atoms with van der Waals surface area (Å²) in [7, 11) is 2.03. The molecule has 1 aromatic heterocycles. The molecule has 0 bridgehead atoms. The quantitative estimate of drug-likeness (QED) is 0.833. The van der Waals surface area contributed by atoms with Gasteiger partial charge in [0.05, 0.1) is 0 Å². The molecule has 0 atom stereocenters. The number of hydrogen-bond acceptors (Lipinski definition) is 4. The Bertz CT molecular complexity index is 550. The summed E-state index contributed by atoms with van der Waals surface area (Å²) in [5.74, 6) is 2.71. The second-order valence-corrected chi connectivity index (χ2v) is 4.70. The van der Waals surface area contributed by atoms with Crippen LogP contribution in [0.25, 0.3) is 0 Å². The monoisotopic (exact) mass is 270 g/mol. The average molecular weight is 270 g/mol. The van der Waals surface area contributed by atoms with Gasteiger partial charge in [0, 0.05) is 31.9 Å². The normalized spacial score (nSPS) is 10.4. The van der Waals surface area contributed by atoms with Crippen LogP contribution in [0.4, 0.5) is 17.3 Å². The second-order valence-electron chi connectivity index (χ2n) is 4.70. The van der Waals surface area contributed by atoms with Gasteiger partial charge in [-0.05, 0) is 32.9 Å². The Kier molecular flexibility index (Phi) is 4.56. The fourth-order valence-corrected chi connectivity index (χ4v) is 2.20. The second kappa shape index (κ2) is 6.37. The van der Waals surface area contributed by atoms with Crippen LogP contribution in [0.3, 0.4) is 0 Å². The molecular weight excluding hydrogens is 248 g/mol. The van der Waals surface area contributed by atoms with Gasteiger partial charge in [0.1, 0.15) is 17.5 Å². The molecule has 0 saturated heterocycles. The summed E-state index contributed by atoms with van der Waals surface area (Å²) < 4.78 is 0. The maximum atomic E-state index is 4.55. The summed E-state index contributed by atoms with van der Waals surface area (Å²) in [6.07, 6.45) is 0. The Morgan fingerprint density at radius 2 is 1.55 bits per heavy atom. The van der Waals surface area contributed by atoms with E-state index in [1.54, 1.807) is 0 Å². The van der Waals surface area contributed by atoms with Crippen molar-refractivity contribution in [2.75, 3.05) is 29.9 Å². The summed E-state index contributed by atoms with van der Waals surface area (Å²) in [6.45, 7) is 8.11. The highest BCUT2D eigenvalue weighted by Crippen LogP contribution is 2.24. The van der Waals surface area contributed by atoms with Gasteiger partial charge < -0.3 is 9.80 Å². The van der Waals surface area contributed by atoms with E-state index < -0.39 is 0 Å². The van der Waals surface area contributed by atoms with Crippen LogP contribution in [-0.4, -0.2) is 30.1 Å². The van der Waals surface area contributed by atoms with Crippen LogP contribution in [0.2, 0.25) is 0 Å². The molecule has 0 saturated carbocycles. The third-order valence-electron chi connectivity index (χ3n) is 3.39. The molecule has 1 aromatic carbocycles. The number of para-hydroxylation sites is 1. The van der Waals surface area contributed by atoms with Gasteiger partial charge in [0.15, 0.2) is 0 Å². The predicted molar refractivity (Wildman–Crippen MR) is 84.8 cm³/mol. The van der Waals surface area contributed by atoms with Crippen molar-refractivity contribution in [2.24, 2.45) is 0 Å². The maximum absolute atomic E-state index is 4.55. The number of aryl methyl sites for hydroxylation is 1. The van der Waals surface area contributed by atoms with E-state index in [1.807, 2.05) is 38.2 Å². The molecule has 4 heteroatoms. The van der Waals surface area contributed by atoms with Crippen molar-refractivity contribution >= 4 is 17.3 Å². The van der Waals surface area contributed by atoms with Crippen molar-refractivity contribution in [1.29, 1.82) is 0 Å². The Morgan fingerprint density at radius 3 is 2.15 bits per heavy atom. The lowest BCUT2D eigenvalue weighted by Crippen LogP contribution is -2.24. The van der Waals surface area contributed by atoms with Gasteiger partial charge in [-0.1, -0.05) is 18.2 Å². The smallest absolute Gasteiger partial charge is 0.138 e. The molecule has 0 aliphatic rings. The van der Waals surface area contributed by atoms with Gasteiger partial charge in [0.2, 0.25) is 0 Å². The molecule has 0 N–H and O–H groups in total. The Labute approximate surface area is 121 Å². The first kappa shape index (κ1) is 14.3. The van der Waals surface area contributed by atoms with E-state index in [1.165, 1.54) is 0 Å². The summed E-state index contributed by atoms with van der Waals surface area (Å²) in [4.78, 5) is 13.4. The minimum atomic E-state index is 0.798. The van der Waals surface area contributed by atoms with Gasteiger partial charge in [-0.15, -0.1) is 0 Å². The lowest BCUT2D eigenvalue weighted by Gasteiger charge is -2.23. The topological polar surface area (TPSA) is 32.3 Å². The number of rotatable bonds is 5. The maximum Gasteiger partial charge on any atom is 0.138 e. The van der Waals surface area contributed by atoms with Gasteiger partial charge in [-0.25, -0.2) is 9.97 Å². The lowest BCUT2D eigenvalue weighted by atomic mass is 10.3. The van der Waals surface area contributed by atoms with Gasteiger partial charge in [-0.2, -0.15) is 0 Å². The molecule has 4 nitrogen and oxygen atoms in total. The standard InChI is InChI=1S/C16H22N4/c1-5-20(6-2)16-12-15(17-13(3)18-16)19(4)14-10-8-7-9-11-14/h7-12H,5-6H2,1-4H3. The largest absolute Gasteiger partial charge is 0.357 e. The fourth-order valence-electron chi connectivity index (χ4n) is 2.20. The number of benzene rings is 1. The van der Waals surface area contributed by atoms with Gasteiger partial charge >= 0.3 is 0 Å². The molecule has 106 valence electrons. The molecular formula is C16H22N4. The average Bonchev–Trinajstić information content (AvgIpc) is 2.48. The van der Waals surface area contributed by atoms with E-state index in [0.717, 1.165) is 36.2 Å². The van der Waals surface area contributed by atoms with E-state index in [4.69, 9.17) is 0 Å². The minimum Gasteiger partial charge on any atom is -0.357 e. The fraction of sp³-hybridized carbons (Fsp3) is 0.375. The minimum absolute atomic E-state index is 0.798. The zero-order valence-electron chi connectivity index (χ0n) is 12.7. The van der Waals surface area contributed by atoms with Crippen LogP contribution in [0.1, 0.15) is 19.7 Å². The number of hydrogen-bond donors (Lipinski definition) is 0. The van der Waals surface area contributed by atoms with Crippen molar-refractivity contribution in [3.8, 4) is 0 Å². The third kappa shape index (κ3) is 3.07. The van der Waals surface area contributed by atoms with Crippen LogP contribution >= 0.6 is 0 Å². The number of nitrogens with zero attached hydrogens (tertiary/aromatic N) is 4. The zero-order chi connectivity index (χ0) is 14.5. The van der Waals surface area contributed by atoms with Crippen molar-refractivity contribution in [1.82, 2.24) is 9.97 Å². The van der Waals surface area contributed by atoms with E-state index in [9.17, 15) is 0 Å². The SMILES string of the molecule is CCN(CC)c1cc(N(C)c2ccccc2)nc(C)n1. The van der Waals surface area contributed by atoms with Crippen LogP contribution in [0.15, 0.2) is 36.4 Å². The van der Waals surface area contributed by atoms with Crippen molar-refractivity contribution in [3.05, 3.63) is 42.2 Å². The first-order valence-electron chi connectivity index (χ1n) is 7.05. The summed E-state index contributed by atoms with van der Waals surface area (Å²) in [5.41, 5.74) is 1.12. The molecule has 0 aliphatic carbocycles. The molecule has 2 rings (SSSR count). The summed E-state index contributed by atoms with van der Waals surface area (Å²) >= 11 is 0. The lowest BCUT2D eigenvalue weighted by molar-refractivity contribution is 0.832. The van der Waals surface area contributed by atoms with Crippen molar-refractivity contribution < 1.29 is 0 Å². The highest BCUT2D eigenvalue weighted by Gasteiger charge is 2.11.